The van der Waals surface area contributed by atoms with E-state index < -0.39 is 5.97 Å². The normalized spacial score (nSPS) is 39.8. The third-order valence-electron chi connectivity index (χ3n) is 5.66. The zero-order valence-electron chi connectivity index (χ0n) is 11.8. The lowest BCUT2D eigenvalue weighted by atomic mass is 9.83. The first-order valence-electron chi connectivity index (χ1n) is 7.90. The van der Waals surface area contributed by atoms with Crippen LogP contribution in [0.1, 0.15) is 39.0 Å². The molecule has 0 aromatic heterocycles. The molecule has 0 aromatic carbocycles. The first-order valence-corrected chi connectivity index (χ1v) is 7.90. The zero-order valence-corrected chi connectivity index (χ0v) is 11.8. The van der Waals surface area contributed by atoms with Gasteiger partial charge in [0.25, 0.3) is 0 Å². The van der Waals surface area contributed by atoms with Crippen molar-refractivity contribution in [1.29, 1.82) is 0 Å². The average Bonchev–Trinajstić information content (AvgIpc) is 3.00. The van der Waals surface area contributed by atoms with Crippen molar-refractivity contribution in [2.75, 3.05) is 19.6 Å². The monoisotopic (exact) mass is 266 g/mol. The summed E-state index contributed by atoms with van der Waals surface area (Å²) in [7, 11) is 0. The van der Waals surface area contributed by atoms with Crippen molar-refractivity contribution in [2.45, 2.75) is 51.1 Å². The third kappa shape index (κ3) is 2.52. The van der Waals surface area contributed by atoms with Crippen molar-refractivity contribution in [1.82, 2.24) is 10.2 Å². The Balaban J connectivity index is 1.58. The molecule has 3 fully saturated rings. The van der Waals surface area contributed by atoms with Crippen molar-refractivity contribution in [2.24, 2.45) is 17.8 Å². The van der Waals surface area contributed by atoms with Crippen LogP contribution >= 0.6 is 0 Å². The molecule has 0 amide bonds. The Hall–Kier alpha value is -0.610. The predicted molar refractivity (Wildman–Crippen MR) is 74.0 cm³/mol. The first-order chi connectivity index (χ1) is 9.19. The molecule has 4 nitrogen and oxygen atoms in total. The molecular weight excluding hydrogens is 240 g/mol. The summed E-state index contributed by atoms with van der Waals surface area (Å²) in [5, 5.41) is 13.2. The minimum atomic E-state index is -0.573. The molecule has 2 saturated carbocycles. The van der Waals surface area contributed by atoms with E-state index in [9.17, 15) is 9.90 Å². The molecule has 1 saturated heterocycles. The second-order valence-corrected chi connectivity index (χ2v) is 6.60. The number of aliphatic carboxylic acids is 1. The molecule has 19 heavy (non-hydrogen) atoms. The molecule has 108 valence electrons. The van der Waals surface area contributed by atoms with E-state index in [1.54, 1.807) is 0 Å². The highest BCUT2D eigenvalue weighted by Crippen LogP contribution is 2.48. The number of carboxylic acid groups (broad SMARTS) is 1. The van der Waals surface area contributed by atoms with E-state index in [-0.39, 0.29) is 12.0 Å². The Morgan fingerprint density at radius 3 is 2.53 bits per heavy atom. The molecule has 3 rings (SSSR count). The van der Waals surface area contributed by atoms with Crippen molar-refractivity contribution in [3.63, 3.8) is 0 Å². The zero-order chi connectivity index (χ0) is 13.4. The Kier molecular flexibility index (Phi) is 3.81. The number of fused-ring (bicyclic) bond motifs is 2. The molecule has 0 aromatic rings. The minimum Gasteiger partial charge on any atom is -0.481 e. The second-order valence-electron chi connectivity index (χ2n) is 6.60. The molecule has 4 heteroatoms. The van der Waals surface area contributed by atoms with Gasteiger partial charge in [0.1, 0.15) is 0 Å². The quantitative estimate of drug-likeness (QED) is 0.811. The number of carboxylic acids is 1. The molecule has 0 spiro atoms. The van der Waals surface area contributed by atoms with E-state index in [1.807, 2.05) is 0 Å². The summed E-state index contributed by atoms with van der Waals surface area (Å²) in [6.07, 6.45) is 5.86. The van der Waals surface area contributed by atoms with Crippen LogP contribution in [0.25, 0.3) is 0 Å². The highest BCUT2D eigenvalue weighted by Gasteiger charge is 2.51. The number of carbonyl (C=O) groups is 1. The third-order valence-corrected chi connectivity index (χ3v) is 5.66. The van der Waals surface area contributed by atoms with Gasteiger partial charge >= 0.3 is 5.97 Å². The maximum atomic E-state index is 11.5. The number of hydrogen-bond donors (Lipinski definition) is 2. The van der Waals surface area contributed by atoms with Crippen LogP contribution in [0.5, 0.6) is 0 Å². The van der Waals surface area contributed by atoms with Gasteiger partial charge in [0.2, 0.25) is 0 Å². The maximum absolute atomic E-state index is 11.5. The lowest BCUT2D eigenvalue weighted by Crippen LogP contribution is -2.51. The number of likely N-dealkylation sites (tertiary alicyclic amines) is 1. The Morgan fingerprint density at radius 1 is 1.21 bits per heavy atom. The minimum absolute atomic E-state index is 0.122. The first kappa shape index (κ1) is 13.4. The average molecular weight is 266 g/mol. The molecular formula is C15H26N2O2. The van der Waals surface area contributed by atoms with Crippen molar-refractivity contribution < 1.29 is 9.90 Å². The van der Waals surface area contributed by atoms with Crippen LogP contribution in [0.3, 0.4) is 0 Å². The lowest BCUT2D eigenvalue weighted by molar-refractivity contribution is -0.144. The van der Waals surface area contributed by atoms with Gasteiger partial charge in [0, 0.05) is 12.1 Å². The summed E-state index contributed by atoms with van der Waals surface area (Å²) < 4.78 is 0. The van der Waals surface area contributed by atoms with Gasteiger partial charge in [-0.05, 0) is 63.6 Å². The van der Waals surface area contributed by atoms with E-state index in [2.05, 4.69) is 17.1 Å². The van der Waals surface area contributed by atoms with Gasteiger partial charge < -0.3 is 15.3 Å². The summed E-state index contributed by atoms with van der Waals surface area (Å²) >= 11 is 0. The SMILES string of the molecule is CCN1CCC(NC2C3CCC(C3)C2C(=O)O)CC1. The molecule has 3 aliphatic rings. The summed E-state index contributed by atoms with van der Waals surface area (Å²) in [5.41, 5.74) is 0. The molecule has 2 N–H and O–H groups in total. The number of rotatable bonds is 4. The van der Waals surface area contributed by atoms with Crippen LogP contribution < -0.4 is 5.32 Å². The molecule has 0 radical (unpaired) electrons. The number of nitrogens with zero attached hydrogens (tertiary/aromatic N) is 1. The molecule has 4 atom stereocenters. The Labute approximate surface area is 115 Å². The fraction of sp³-hybridized carbons (Fsp3) is 0.933. The van der Waals surface area contributed by atoms with Gasteiger partial charge in [0.15, 0.2) is 0 Å². The van der Waals surface area contributed by atoms with Gasteiger partial charge in [-0.15, -0.1) is 0 Å². The molecule has 2 aliphatic carbocycles. The van der Waals surface area contributed by atoms with Crippen molar-refractivity contribution >= 4 is 5.97 Å². The van der Waals surface area contributed by atoms with E-state index in [0.717, 1.165) is 32.5 Å². The lowest BCUT2D eigenvalue weighted by Gasteiger charge is -2.37. The van der Waals surface area contributed by atoms with Gasteiger partial charge in [-0.2, -0.15) is 0 Å². The summed E-state index contributed by atoms with van der Waals surface area (Å²) in [6.45, 7) is 5.67. The topological polar surface area (TPSA) is 52.6 Å². The Bertz CT molecular complexity index is 339. The van der Waals surface area contributed by atoms with Crippen LogP contribution in [0, 0.1) is 17.8 Å². The van der Waals surface area contributed by atoms with Crippen LogP contribution in [-0.2, 0) is 4.79 Å². The van der Waals surface area contributed by atoms with E-state index in [4.69, 9.17) is 0 Å². The second kappa shape index (κ2) is 5.41. The summed E-state index contributed by atoms with van der Waals surface area (Å²) in [4.78, 5) is 14.0. The van der Waals surface area contributed by atoms with Crippen molar-refractivity contribution in [3.05, 3.63) is 0 Å². The van der Waals surface area contributed by atoms with Crippen LogP contribution in [0.2, 0.25) is 0 Å². The highest BCUT2D eigenvalue weighted by molar-refractivity contribution is 5.72. The van der Waals surface area contributed by atoms with Gasteiger partial charge in [-0.1, -0.05) is 6.92 Å². The fourth-order valence-corrected chi connectivity index (χ4v) is 4.57. The Morgan fingerprint density at radius 2 is 1.89 bits per heavy atom. The van der Waals surface area contributed by atoms with Crippen LogP contribution in [-0.4, -0.2) is 47.7 Å². The van der Waals surface area contributed by atoms with Gasteiger partial charge in [0.05, 0.1) is 5.92 Å². The number of nitrogens with one attached hydrogen (secondary N) is 1. The molecule has 1 aliphatic heterocycles. The summed E-state index contributed by atoms with van der Waals surface area (Å²) in [6, 6.07) is 0.781. The molecule has 2 bridgehead atoms. The van der Waals surface area contributed by atoms with E-state index in [0.29, 0.717) is 17.9 Å². The fourth-order valence-electron chi connectivity index (χ4n) is 4.57. The number of piperidine rings is 1. The maximum Gasteiger partial charge on any atom is 0.308 e. The van der Waals surface area contributed by atoms with Crippen LogP contribution in [0.4, 0.5) is 0 Å². The largest absolute Gasteiger partial charge is 0.481 e. The van der Waals surface area contributed by atoms with E-state index >= 15 is 0 Å². The summed E-state index contributed by atoms with van der Waals surface area (Å²) in [5.74, 6) is 0.365. The standard InChI is InChI=1S/C15H26N2O2/c1-2-17-7-5-12(6-8-17)16-14-11-4-3-10(9-11)13(14)15(18)19/h10-14,16H,2-9H2,1H3,(H,18,19). The molecule has 1 heterocycles. The predicted octanol–water partition coefficient (Wildman–Crippen LogP) is 1.56. The highest BCUT2D eigenvalue weighted by atomic mass is 16.4. The van der Waals surface area contributed by atoms with Gasteiger partial charge in [-0.25, -0.2) is 0 Å². The van der Waals surface area contributed by atoms with E-state index in [1.165, 1.54) is 19.3 Å². The van der Waals surface area contributed by atoms with Crippen LogP contribution in [0.15, 0.2) is 0 Å². The van der Waals surface area contributed by atoms with Gasteiger partial charge in [-0.3, -0.25) is 4.79 Å². The van der Waals surface area contributed by atoms with Crippen molar-refractivity contribution in [3.8, 4) is 0 Å². The number of hydrogen-bond acceptors (Lipinski definition) is 3. The molecule has 4 unspecified atom stereocenters. The smallest absolute Gasteiger partial charge is 0.308 e.